The van der Waals surface area contributed by atoms with Gasteiger partial charge >= 0.3 is 0 Å². The Morgan fingerprint density at radius 2 is 2.17 bits per heavy atom. The number of hydrogen-bond acceptors (Lipinski definition) is 6. The molecule has 4 rings (SSSR count). The van der Waals surface area contributed by atoms with E-state index in [1.54, 1.807) is 16.8 Å². The summed E-state index contributed by atoms with van der Waals surface area (Å²) in [5, 5.41) is 0.624. The molecule has 8 heteroatoms. The van der Waals surface area contributed by atoms with Gasteiger partial charge in [-0.1, -0.05) is 0 Å². The predicted molar refractivity (Wildman–Crippen MR) is 89.3 cm³/mol. The van der Waals surface area contributed by atoms with Gasteiger partial charge in [-0.25, -0.2) is 4.98 Å². The third-order valence-electron chi connectivity index (χ3n) is 4.45. The molecule has 3 aromatic heterocycles. The number of pyridine rings is 1. The third kappa shape index (κ3) is 1.81. The molecule has 1 aliphatic rings. The molecule has 1 aliphatic heterocycles. The van der Waals surface area contributed by atoms with E-state index in [-0.39, 0.29) is 11.5 Å². The van der Waals surface area contributed by atoms with Crippen LogP contribution in [0.25, 0.3) is 16.6 Å². The van der Waals surface area contributed by atoms with Gasteiger partial charge in [0.2, 0.25) is 5.95 Å². The van der Waals surface area contributed by atoms with Gasteiger partial charge in [0.1, 0.15) is 5.65 Å². The van der Waals surface area contributed by atoms with Crippen LogP contribution in [0.1, 0.15) is 18.0 Å². The van der Waals surface area contributed by atoms with Gasteiger partial charge in [-0.3, -0.25) is 14.2 Å². The fourth-order valence-corrected chi connectivity index (χ4v) is 3.36. The number of nitrogens with zero attached hydrogens (tertiary/aromatic N) is 4. The van der Waals surface area contributed by atoms with Gasteiger partial charge in [0, 0.05) is 37.6 Å². The summed E-state index contributed by atoms with van der Waals surface area (Å²) in [5.74, 6) is 0.809. The summed E-state index contributed by atoms with van der Waals surface area (Å²) < 4.78 is 1.78. The van der Waals surface area contributed by atoms with Crippen LogP contribution in [-0.2, 0) is 0 Å². The first-order valence-electron chi connectivity index (χ1n) is 7.38. The van der Waals surface area contributed by atoms with E-state index in [9.17, 15) is 4.79 Å². The number of nitrogens with two attached hydrogens (primary N) is 2. The molecule has 23 heavy (non-hydrogen) atoms. The van der Waals surface area contributed by atoms with Crippen LogP contribution in [0, 0.1) is 0 Å². The summed E-state index contributed by atoms with van der Waals surface area (Å²) >= 11 is 0. The number of guanidine groups is 1. The number of aromatic amines is 1. The van der Waals surface area contributed by atoms with Crippen LogP contribution in [0.15, 0.2) is 34.3 Å². The zero-order valence-corrected chi connectivity index (χ0v) is 12.7. The van der Waals surface area contributed by atoms with Crippen molar-refractivity contribution in [2.75, 3.05) is 19.3 Å². The molecule has 0 saturated carbocycles. The zero-order valence-electron chi connectivity index (χ0n) is 12.7. The van der Waals surface area contributed by atoms with Crippen LogP contribution in [0.2, 0.25) is 0 Å². The highest BCUT2D eigenvalue weighted by Gasteiger charge is 2.29. The highest BCUT2D eigenvalue weighted by Crippen LogP contribution is 2.35. The molecule has 4 heterocycles. The minimum Gasteiger partial charge on any atom is -0.370 e. The summed E-state index contributed by atoms with van der Waals surface area (Å²) in [6.07, 6.45) is 4.05. The first-order valence-corrected chi connectivity index (χ1v) is 7.38. The average Bonchev–Trinajstić information content (AvgIpc) is 2.87. The number of nitrogens with one attached hydrogen (secondary N) is 1. The largest absolute Gasteiger partial charge is 0.370 e. The number of nitrogen functional groups attached to an aromatic ring is 1. The molecule has 0 amide bonds. The Balaban J connectivity index is 2.15. The molecule has 0 radical (unpaired) electrons. The first kappa shape index (κ1) is 13.6. The molecule has 1 unspecified atom stereocenters. The second kappa shape index (κ2) is 4.73. The van der Waals surface area contributed by atoms with Gasteiger partial charge in [0.25, 0.3) is 0 Å². The minimum absolute atomic E-state index is 0.0368. The van der Waals surface area contributed by atoms with Crippen molar-refractivity contribution >= 4 is 28.5 Å². The molecule has 0 aromatic carbocycles. The molecule has 0 aliphatic carbocycles. The zero-order chi connectivity index (χ0) is 16.1. The van der Waals surface area contributed by atoms with E-state index in [4.69, 9.17) is 11.5 Å². The van der Waals surface area contributed by atoms with Crippen molar-refractivity contribution in [3.8, 4) is 0 Å². The van der Waals surface area contributed by atoms with Gasteiger partial charge in [0.15, 0.2) is 11.4 Å². The van der Waals surface area contributed by atoms with E-state index in [0.29, 0.717) is 29.5 Å². The van der Waals surface area contributed by atoms with E-state index in [0.717, 1.165) is 17.5 Å². The first-order chi connectivity index (χ1) is 11.1. The summed E-state index contributed by atoms with van der Waals surface area (Å²) in [4.78, 5) is 26.0. The molecule has 0 bridgehead atoms. The number of hydrogen-bond donors (Lipinski definition) is 3. The van der Waals surface area contributed by atoms with Crippen molar-refractivity contribution in [1.29, 1.82) is 0 Å². The predicted octanol–water partition coefficient (Wildman–Crippen LogP) is 0.449. The summed E-state index contributed by atoms with van der Waals surface area (Å²) in [7, 11) is 1.89. The normalized spacial score (nSPS) is 18.6. The van der Waals surface area contributed by atoms with E-state index in [2.05, 4.69) is 15.0 Å². The lowest BCUT2D eigenvalue weighted by molar-refractivity contribution is 0.338. The molecular weight excluding hydrogens is 294 g/mol. The van der Waals surface area contributed by atoms with Crippen LogP contribution in [0.5, 0.6) is 0 Å². The molecule has 1 atom stereocenters. The third-order valence-corrected chi connectivity index (χ3v) is 4.45. The average molecular weight is 311 g/mol. The van der Waals surface area contributed by atoms with E-state index in [1.807, 2.05) is 18.0 Å². The molecule has 5 N–H and O–H groups in total. The number of rotatable bonds is 1. The monoisotopic (exact) mass is 311 g/mol. The number of anilines is 1. The Bertz CT molecular complexity index is 1000. The lowest BCUT2D eigenvalue weighted by Crippen LogP contribution is -2.40. The van der Waals surface area contributed by atoms with Crippen molar-refractivity contribution < 1.29 is 0 Å². The molecular formula is C15H17N7O. The smallest absolute Gasteiger partial charge is 0.206 e. The maximum Gasteiger partial charge on any atom is 0.206 e. The van der Waals surface area contributed by atoms with Crippen LogP contribution in [0.3, 0.4) is 0 Å². The molecule has 8 nitrogen and oxygen atoms in total. The van der Waals surface area contributed by atoms with Crippen LogP contribution >= 0.6 is 0 Å². The van der Waals surface area contributed by atoms with Crippen molar-refractivity contribution in [3.63, 3.8) is 0 Å². The maximum atomic E-state index is 12.5. The standard InChI is InChI=1S/C15H17N7O/c1-21-8(2-5-19-14(21)16)11-9-3-6-20-15(17)22(9)13-12(11)10(23)4-7-18-13/h3-4,6-8H,2,5H2,1H3,(H2,16,19)(H2,17,20)(H,18,23). The second-order valence-corrected chi connectivity index (χ2v) is 5.66. The summed E-state index contributed by atoms with van der Waals surface area (Å²) in [5.41, 5.74) is 14.4. The Morgan fingerprint density at radius 1 is 1.35 bits per heavy atom. The molecule has 0 fully saturated rings. The van der Waals surface area contributed by atoms with Gasteiger partial charge in [-0.2, -0.15) is 0 Å². The van der Waals surface area contributed by atoms with Gasteiger partial charge < -0.3 is 21.4 Å². The van der Waals surface area contributed by atoms with Crippen molar-refractivity contribution in [2.45, 2.75) is 12.5 Å². The highest BCUT2D eigenvalue weighted by atomic mass is 16.1. The Labute approximate surface area is 131 Å². The lowest BCUT2D eigenvalue weighted by atomic mass is 9.99. The Morgan fingerprint density at radius 3 is 3.00 bits per heavy atom. The Kier molecular flexibility index (Phi) is 2.80. The Hall–Kier alpha value is -3.03. The van der Waals surface area contributed by atoms with Gasteiger partial charge in [0.05, 0.1) is 16.9 Å². The molecule has 0 spiro atoms. The molecule has 118 valence electrons. The van der Waals surface area contributed by atoms with Gasteiger partial charge in [-0.05, 0) is 12.5 Å². The second-order valence-electron chi connectivity index (χ2n) is 5.66. The topological polar surface area (TPSA) is 118 Å². The highest BCUT2D eigenvalue weighted by molar-refractivity contribution is 5.92. The number of H-pyrrole nitrogens is 1. The van der Waals surface area contributed by atoms with E-state index in [1.165, 1.54) is 6.07 Å². The van der Waals surface area contributed by atoms with Crippen LogP contribution in [0.4, 0.5) is 5.95 Å². The number of fused-ring (bicyclic) bond motifs is 3. The minimum atomic E-state index is -0.0497. The van der Waals surface area contributed by atoms with E-state index >= 15 is 0 Å². The quantitative estimate of drug-likeness (QED) is 0.603. The number of aliphatic imine (C=N–C) groups is 1. The maximum absolute atomic E-state index is 12.5. The summed E-state index contributed by atoms with van der Waals surface area (Å²) in [6, 6.07) is 3.36. The molecule has 0 saturated heterocycles. The SMILES string of the molecule is CN1C(N)=NCCC1c1c2c(=O)cc[nH]c2n2c(N)nccc12. The fraction of sp³-hybridized carbons (Fsp3) is 0.267. The molecule has 3 aromatic rings. The van der Waals surface area contributed by atoms with Crippen molar-refractivity contribution in [2.24, 2.45) is 10.7 Å². The number of aromatic nitrogens is 3. The van der Waals surface area contributed by atoms with Gasteiger partial charge in [-0.15, -0.1) is 0 Å². The van der Waals surface area contributed by atoms with Crippen LogP contribution < -0.4 is 16.9 Å². The van der Waals surface area contributed by atoms with Crippen LogP contribution in [-0.4, -0.2) is 38.8 Å². The van der Waals surface area contributed by atoms with E-state index < -0.39 is 0 Å². The summed E-state index contributed by atoms with van der Waals surface area (Å²) in [6.45, 7) is 0.630. The fourth-order valence-electron chi connectivity index (χ4n) is 3.36. The van der Waals surface area contributed by atoms with Crippen molar-refractivity contribution in [3.05, 3.63) is 40.3 Å². The van der Waals surface area contributed by atoms with Crippen molar-refractivity contribution in [1.82, 2.24) is 19.3 Å². The lowest BCUT2D eigenvalue weighted by Gasteiger charge is -2.32.